The fourth-order valence-electron chi connectivity index (χ4n) is 1.01. The van der Waals surface area contributed by atoms with E-state index in [1.165, 1.54) is 0 Å². The first-order valence-corrected chi connectivity index (χ1v) is 4.03. The third-order valence-electron chi connectivity index (χ3n) is 1.56. The minimum Gasteiger partial charge on any atom is -0.360 e. The first kappa shape index (κ1) is 9.45. The molecule has 3 nitrogen and oxygen atoms in total. The Labute approximate surface area is 77.4 Å². The molecule has 3 heteroatoms. The maximum atomic E-state index is 9.96. The highest BCUT2D eigenvalue weighted by Gasteiger charge is 1.93. The minimum absolute atomic E-state index is 0.230. The Kier molecular flexibility index (Phi) is 3.20. The van der Waals surface area contributed by atoms with Crippen molar-refractivity contribution < 1.29 is 0 Å². The molecule has 0 aromatic heterocycles. The molecule has 1 aromatic rings. The molecule has 1 rings (SSSR count). The average Bonchev–Trinajstić information content (AvgIpc) is 2.08. The van der Waals surface area contributed by atoms with E-state index < -0.39 is 0 Å². The summed E-state index contributed by atoms with van der Waals surface area (Å²) < 4.78 is 0. The number of anilines is 1. The lowest BCUT2D eigenvalue weighted by atomic mass is 10.2. The highest BCUT2D eigenvalue weighted by Crippen LogP contribution is 2.11. The Morgan fingerprint density at radius 1 is 1.46 bits per heavy atom. The molecule has 13 heavy (non-hydrogen) atoms. The van der Waals surface area contributed by atoms with Crippen molar-refractivity contribution in [3.8, 4) is 0 Å². The summed E-state index contributed by atoms with van der Waals surface area (Å²) in [5.41, 5.74) is 2.78. The van der Waals surface area contributed by atoms with Crippen LogP contribution in [0.15, 0.2) is 41.7 Å². The Hall–Kier alpha value is -1.64. The molecule has 0 radical (unpaired) electrons. The molecule has 0 aliphatic rings. The van der Waals surface area contributed by atoms with Crippen molar-refractivity contribution in [3.05, 3.63) is 47.0 Å². The van der Waals surface area contributed by atoms with Gasteiger partial charge >= 0.3 is 0 Å². The van der Waals surface area contributed by atoms with Gasteiger partial charge in [-0.05, 0) is 24.6 Å². The lowest BCUT2D eigenvalue weighted by Crippen LogP contribution is -1.93. The van der Waals surface area contributed by atoms with E-state index in [4.69, 9.17) is 0 Å². The van der Waals surface area contributed by atoms with E-state index in [9.17, 15) is 4.91 Å². The molecule has 0 aliphatic carbocycles. The average molecular weight is 176 g/mol. The Morgan fingerprint density at radius 2 is 2.08 bits per heavy atom. The van der Waals surface area contributed by atoms with Crippen LogP contribution in [0.25, 0.3) is 0 Å². The first-order valence-electron chi connectivity index (χ1n) is 4.03. The third-order valence-corrected chi connectivity index (χ3v) is 1.56. The second-order valence-electron chi connectivity index (χ2n) is 2.89. The van der Waals surface area contributed by atoms with Crippen LogP contribution in [0.5, 0.6) is 0 Å². The van der Waals surface area contributed by atoms with Crippen LogP contribution in [0, 0.1) is 4.91 Å². The molecule has 68 valence electrons. The summed E-state index contributed by atoms with van der Waals surface area (Å²) in [7, 11) is 0. The molecule has 1 aromatic carbocycles. The maximum Gasteiger partial charge on any atom is 0.106 e. The number of rotatable bonds is 4. The normalized spacial score (nSPS) is 9.31. The second-order valence-corrected chi connectivity index (χ2v) is 2.89. The van der Waals surface area contributed by atoms with Gasteiger partial charge in [0.2, 0.25) is 0 Å². The van der Waals surface area contributed by atoms with E-state index in [1.54, 1.807) is 0 Å². The lowest BCUT2D eigenvalue weighted by Gasteiger charge is -2.04. The standard InChI is InChI=1S/C10H12N2O/c1-8(2)12-10-5-3-9(4-6-10)7-11-13/h3-6,12H,1,7H2,2H3. The third kappa shape index (κ3) is 3.07. The van der Waals surface area contributed by atoms with Crippen LogP contribution in [-0.2, 0) is 6.54 Å². The van der Waals surface area contributed by atoms with Crippen molar-refractivity contribution in [1.82, 2.24) is 0 Å². The largest absolute Gasteiger partial charge is 0.360 e. The van der Waals surface area contributed by atoms with Crippen molar-refractivity contribution in [2.45, 2.75) is 13.5 Å². The maximum absolute atomic E-state index is 9.96. The van der Waals surface area contributed by atoms with E-state index in [0.717, 1.165) is 16.9 Å². The lowest BCUT2D eigenvalue weighted by molar-refractivity contribution is 1.05. The van der Waals surface area contributed by atoms with Gasteiger partial charge in [-0.15, -0.1) is 0 Å². The van der Waals surface area contributed by atoms with Gasteiger partial charge in [0.1, 0.15) is 6.54 Å². The molecular formula is C10H12N2O. The number of nitroso groups, excluding NO2 is 1. The quantitative estimate of drug-likeness (QED) is 0.716. The Bertz CT molecular complexity index is 303. The number of allylic oxidation sites excluding steroid dienone is 1. The van der Waals surface area contributed by atoms with E-state index in [-0.39, 0.29) is 6.54 Å². The van der Waals surface area contributed by atoms with Crippen LogP contribution in [0.2, 0.25) is 0 Å². The predicted octanol–water partition coefficient (Wildman–Crippen LogP) is 2.90. The van der Waals surface area contributed by atoms with Crippen molar-refractivity contribution in [2.24, 2.45) is 5.18 Å². The van der Waals surface area contributed by atoms with Crippen LogP contribution >= 0.6 is 0 Å². The zero-order chi connectivity index (χ0) is 9.68. The van der Waals surface area contributed by atoms with Crippen LogP contribution in [-0.4, -0.2) is 0 Å². The van der Waals surface area contributed by atoms with Crippen molar-refractivity contribution in [3.63, 3.8) is 0 Å². The van der Waals surface area contributed by atoms with Gasteiger partial charge in [-0.1, -0.05) is 23.9 Å². The topological polar surface area (TPSA) is 41.5 Å². The summed E-state index contributed by atoms with van der Waals surface area (Å²) in [5, 5.41) is 5.88. The summed E-state index contributed by atoms with van der Waals surface area (Å²) in [6.07, 6.45) is 0. The molecule has 0 spiro atoms. The smallest absolute Gasteiger partial charge is 0.106 e. The van der Waals surface area contributed by atoms with Crippen LogP contribution in [0.1, 0.15) is 12.5 Å². The highest BCUT2D eigenvalue weighted by molar-refractivity contribution is 5.48. The minimum atomic E-state index is 0.230. The fraction of sp³-hybridized carbons (Fsp3) is 0.200. The highest BCUT2D eigenvalue weighted by atomic mass is 16.3. The summed E-state index contributed by atoms with van der Waals surface area (Å²) in [6, 6.07) is 7.53. The Balaban J connectivity index is 2.69. The van der Waals surface area contributed by atoms with E-state index in [0.29, 0.717) is 0 Å². The van der Waals surface area contributed by atoms with Gasteiger partial charge in [0, 0.05) is 11.4 Å². The van der Waals surface area contributed by atoms with Crippen LogP contribution < -0.4 is 5.32 Å². The molecule has 0 bridgehead atoms. The number of hydrogen-bond donors (Lipinski definition) is 1. The van der Waals surface area contributed by atoms with Crippen molar-refractivity contribution in [1.29, 1.82) is 0 Å². The van der Waals surface area contributed by atoms with Gasteiger partial charge < -0.3 is 5.32 Å². The molecule has 1 N–H and O–H groups in total. The molecule has 0 amide bonds. The molecule has 0 aliphatic heterocycles. The van der Waals surface area contributed by atoms with Gasteiger partial charge in [0.25, 0.3) is 0 Å². The molecule has 0 saturated heterocycles. The summed E-state index contributed by atoms with van der Waals surface area (Å²) in [6.45, 7) is 5.85. The zero-order valence-electron chi connectivity index (χ0n) is 7.58. The predicted molar refractivity (Wildman–Crippen MR) is 54.4 cm³/mol. The van der Waals surface area contributed by atoms with Gasteiger partial charge in [-0.2, -0.15) is 4.91 Å². The van der Waals surface area contributed by atoms with E-state index in [1.807, 2.05) is 31.2 Å². The number of benzene rings is 1. The Morgan fingerprint density at radius 3 is 2.54 bits per heavy atom. The number of hydrogen-bond acceptors (Lipinski definition) is 3. The molecule has 0 atom stereocenters. The summed E-state index contributed by atoms with van der Waals surface area (Å²) in [4.78, 5) is 9.96. The van der Waals surface area contributed by atoms with E-state index >= 15 is 0 Å². The zero-order valence-corrected chi connectivity index (χ0v) is 7.58. The molecule has 0 heterocycles. The fourth-order valence-corrected chi connectivity index (χ4v) is 1.01. The number of nitrogens with one attached hydrogen (secondary N) is 1. The SMILES string of the molecule is C=C(C)Nc1ccc(CN=O)cc1. The van der Waals surface area contributed by atoms with Crippen LogP contribution in [0.3, 0.4) is 0 Å². The summed E-state index contributed by atoms with van der Waals surface area (Å²) in [5.74, 6) is 0. The monoisotopic (exact) mass is 176 g/mol. The van der Waals surface area contributed by atoms with Crippen molar-refractivity contribution >= 4 is 5.69 Å². The molecule has 0 unspecified atom stereocenters. The molecule has 0 fully saturated rings. The summed E-state index contributed by atoms with van der Waals surface area (Å²) >= 11 is 0. The van der Waals surface area contributed by atoms with E-state index in [2.05, 4.69) is 17.1 Å². The van der Waals surface area contributed by atoms with Gasteiger partial charge in [-0.25, -0.2) is 0 Å². The molecular weight excluding hydrogens is 164 g/mol. The second kappa shape index (κ2) is 4.40. The van der Waals surface area contributed by atoms with Gasteiger partial charge in [0.05, 0.1) is 0 Å². The van der Waals surface area contributed by atoms with Crippen LogP contribution in [0.4, 0.5) is 5.69 Å². The van der Waals surface area contributed by atoms with Gasteiger partial charge in [0.15, 0.2) is 0 Å². The van der Waals surface area contributed by atoms with Crippen molar-refractivity contribution in [2.75, 3.05) is 5.32 Å². The van der Waals surface area contributed by atoms with Gasteiger partial charge in [-0.3, -0.25) is 0 Å². The number of nitrogens with zero attached hydrogens (tertiary/aromatic N) is 1. The molecule has 0 saturated carbocycles. The first-order chi connectivity index (χ1) is 6.22.